The van der Waals surface area contributed by atoms with Gasteiger partial charge in [-0.1, -0.05) is 12.1 Å². The molecular formula is C23H24FN7O. The molecule has 8 nitrogen and oxygen atoms in total. The van der Waals surface area contributed by atoms with Crippen LogP contribution in [0.15, 0.2) is 48.9 Å². The molecule has 0 aliphatic rings. The largest absolute Gasteiger partial charge is 0.362 e. The molecular weight excluding hydrogens is 409 g/mol. The van der Waals surface area contributed by atoms with Gasteiger partial charge >= 0.3 is 0 Å². The summed E-state index contributed by atoms with van der Waals surface area (Å²) in [5.41, 5.74) is 3.97. The molecule has 0 aliphatic carbocycles. The third kappa shape index (κ3) is 4.88. The molecule has 9 heteroatoms. The van der Waals surface area contributed by atoms with Gasteiger partial charge in [-0.15, -0.1) is 0 Å². The number of aromatic nitrogens is 5. The van der Waals surface area contributed by atoms with Gasteiger partial charge in [0.25, 0.3) is 0 Å². The molecule has 1 aromatic carbocycles. The number of benzene rings is 1. The molecule has 0 unspecified atom stereocenters. The van der Waals surface area contributed by atoms with Crippen LogP contribution in [-0.4, -0.2) is 30.6 Å². The molecule has 32 heavy (non-hydrogen) atoms. The van der Waals surface area contributed by atoms with Crippen molar-refractivity contribution < 1.29 is 9.18 Å². The van der Waals surface area contributed by atoms with Crippen LogP contribution in [0.4, 0.5) is 15.9 Å². The third-order valence-corrected chi connectivity index (χ3v) is 5.08. The molecule has 4 rings (SSSR count). The van der Waals surface area contributed by atoms with Gasteiger partial charge in [0.05, 0.1) is 36.7 Å². The zero-order valence-corrected chi connectivity index (χ0v) is 18.1. The molecule has 0 fully saturated rings. The van der Waals surface area contributed by atoms with Crippen LogP contribution in [0.25, 0.3) is 11.2 Å². The highest BCUT2D eigenvalue weighted by atomic mass is 19.1. The van der Waals surface area contributed by atoms with Crippen LogP contribution in [0.2, 0.25) is 0 Å². The van der Waals surface area contributed by atoms with Crippen molar-refractivity contribution in [3.63, 3.8) is 0 Å². The third-order valence-electron chi connectivity index (χ3n) is 5.08. The van der Waals surface area contributed by atoms with Gasteiger partial charge in [-0.05, 0) is 50.1 Å². The summed E-state index contributed by atoms with van der Waals surface area (Å²) in [5.74, 6) is 0.0218. The maximum atomic E-state index is 13.4. The van der Waals surface area contributed by atoms with E-state index >= 15 is 0 Å². The van der Waals surface area contributed by atoms with Crippen LogP contribution in [0, 0.1) is 12.7 Å². The Morgan fingerprint density at radius 2 is 2.06 bits per heavy atom. The Morgan fingerprint density at radius 3 is 2.84 bits per heavy atom. The maximum absolute atomic E-state index is 13.4. The van der Waals surface area contributed by atoms with E-state index in [0.29, 0.717) is 28.4 Å². The number of carbonyl (C=O) groups excluding carboxylic acids is 1. The predicted molar refractivity (Wildman–Crippen MR) is 121 cm³/mol. The van der Waals surface area contributed by atoms with Crippen molar-refractivity contribution in [3.05, 3.63) is 71.6 Å². The number of amides is 1. The lowest BCUT2D eigenvalue weighted by atomic mass is 10.1. The minimum atomic E-state index is -0.383. The van der Waals surface area contributed by atoms with E-state index in [4.69, 9.17) is 0 Å². The van der Waals surface area contributed by atoms with E-state index in [-0.39, 0.29) is 24.2 Å². The van der Waals surface area contributed by atoms with E-state index < -0.39 is 0 Å². The number of fused-ring (bicyclic) bond motifs is 1. The Balaban J connectivity index is 1.42. The second-order valence-corrected chi connectivity index (χ2v) is 7.59. The first-order chi connectivity index (χ1) is 15.4. The molecule has 0 radical (unpaired) electrons. The summed E-state index contributed by atoms with van der Waals surface area (Å²) < 4.78 is 15.2. The number of hydrogen-bond donors (Lipinski definition) is 2. The fraction of sp³-hybridized carbons (Fsp3) is 0.261. The van der Waals surface area contributed by atoms with Gasteiger partial charge in [-0.3, -0.25) is 14.5 Å². The van der Waals surface area contributed by atoms with Crippen LogP contribution in [-0.2, 0) is 17.8 Å². The normalized spacial score (nSPS) is 12.0. The molecule has 0 spiro atoms. The van der Waals surface area contributed by atoms with E-state index in [1.165, 1.54) is 0 Å². The van der Waals surface area contributed by atoms with Crippen molar-refractivity contribution in [1.29, 1.82) is 0 Å². The number of nitrogens with one attached hydrogen (secondary N) is 2. The van der Waals surface area contributed by atoms with Gasteiger partial charge in [0, 0.05) is 12.2 Å². The fourth-order valence-electron chi connectivity index (χ4n) is 3.33. The highest BCUT2D eigenvalue weighted by Gasteiger charge is 2.12. The lowest BCUT2D eigenvalue weighted by Crippen LogP contribution is -2.16. The van der Waals surface area contributed by atoms with E-state index in [2.05, 4.69) is 30.7 Å². The van der Waals surface area contributed by atoms with E-state index in [1.807, 2.05) is 44.3 Å². The molecule has 2 N–H and O–H groups in total. The maximum Gasteiger partial charge on any atom is 0.230 e. The summed E-state index contributed by atoms with van der Waals surface area (Å²) >= 11 is 0. The standard InChI is InChI=1S/C23H24FN7O/c1-4-31-13-20-23(30-31)29-21(12-26-20)27-15(3)16-6-5-7-17(9-16)28-22(32)10-18-8-14(2)19(24)11-25-18/h5-9,11-13,15H,4,10H2,1-3H3,(H,28,32)(H,27,29,30)/t15-/m0/s1. The van der Waals surface area contributed by atoms with Crippen LogP contribution >= 0.6 is 0 Å². The van der Waals surface area contributed by atoms with Gasteiger partial charge < -0.3 is 10.6 Å². The van der Waals surface area contributed by atoms with Crippen molar-refractivity contribution in [2.45, 2.75) is 39.8 Å². The fourth-order valence-corrected chi connectivity index (χ4v) is 3.33. The second kappa shape index (κ2) is 9.09. The van der Waals surface area contributed by atoms with Crippen LogP contribution in [0.3, 0.4) is 0 Å². The van der Waals surface area contributed by atoms with Gasteiger partial charge in [0.1, 0.15) is 17.2 Å². The average molecular weight is 433 g/mol. The molecule has 4 aromatic rings. The summed E-state index contributed by atoms with van der Waals surface area (Å²) in [6.07, 6.45) is 4.76. The molecule has 3 aromatic heterocycles. The molecule has 1 amide bonds. The van der Waals surface area contributed by atoms with Crippen molar-refractivity contribution in [1.82, 2.24) is 24.7 Å². The minimum absolute atomic E-state index is 0.0686. The van der Waals surface area contributed by atoms with Crippen LogP contribution in [0.1, 0.15) is 36.7 Å². The summed E-state index contributed by atoms with van der Waals surface area (Å²) in [7, 11) is 0. The molecule has 0 aliphatic heterocycles. The average Bonchev–Trinajstić information content (AvgIpc) is 3.19. The van der Waals surface area contributed by atoms with Crippen molar-refractivity contribution >= 4 is 28.6 Å². The first-order valence-electron chi connectivity index (χ1n) is 10.4. The Morgan fingerprint density at radius 1 is 1.22 bits per heavy atom. The lowest BCUT2D eigenvalue weighted by molar-refractivity contribution is -0.115. The van der Waals surface area contributed by atoms with E-state index in [9.17, 15) is 9.18 Å². The lowest BCUT2D eigenvalue weighted by Gasteiger charge is -2.16. The number of anilines is 2. The van der Waals surface area contributed by atoms with Crippen molar-refractivity contribution in [3.8, 4) is 0 Å². The van der Waals surface area contributed by atoms with Crippen LogP contribution < -0.4 is 10.6 Å². The van der Waals surface area contributed by atoms with Gasteiger partial charge in [-0.2, -0.15) is 5.10 Å². The molecule has 0 saturated carbocycles. The first-order valence-corrected chi connectivity index (χ1v) is 10.4. The smallest absolute Gasteiger partial charge is 0.230 e. The summed E-state index contributed by atoms with van der Waals surface area (Å²) in [6.45, 7) is 6.42. The highest BCUT2D eigenvalue weighted by molar-refractivity contribution is 5.92. The zero-order valence-electron chi connectivity index (χ0n) is 18.1. The monoisotopic (exact) mass is 433 g/mol. The Bertz CT molecular complexity index is 1270. The second-order valence-electron chi connectivity index (χ2n) is 7.59. The van der Waals surface area contributed by atoms with Gasteiger partial charge in [0.2, 0.25) is 11.6 Å². The summed E-state index contributed by atoms with van der Waals surface area (Å²) in [4.78, 5) is 25.3. The summed E-state index contributed by atoms with van der Waals surface area (Å²) in [6, 6.07) is 9.07. The van der Waals surface area contributed by atoms with Gasteiger partial charge in [-0.25, -0.2) is 14.4 Å². The number of rotatable bonds is 7. The first kappa shape index (κ1) is 21.4. The van der Waals surface area contributed by atoms with Crippen LogP contribution in [0.5, 0.6) is 0 Å². The van der Waals surface area contributed by atoms with Gasteiger partial charge in [0.15, 0.2) is 0 Å². The van der Waals surface area contributed by atoms with Crippen molar-refractivity contribution in [2.75, 3.05) is 10.6 Å². The Labute approximate surface area is 184 Å². The van der Waals surface area contributed by atoms with Crippen molar-refractivity contribution in [2.24, 2.45) is 0 Å². The van der Waals surface area contributed by atoms with E-state index in [1.54, 1.807) is 23.9 Å². The number of pyridine rings is 1. The number of hydrogen-bond acceptors (Lipinski definition) is 6. The quantitative estimate of drug-likeness (QED) is 0.456. The minimum Gasteiger partial charge on any atom is -0.362 e. The Kier molecular flexibility index (Phi) is 6.07. The highest BCUT2D eigenvalue weighted by Crippen LogP contribution is 2.22. The number of carbonyl (C=O) groups is 1. The molecule has 164 valence electrons. The molecule has 0 saturated heterocycles. The number of halogens is 1. The number of aryl methyl sites for hydroxylation is 2. The van der Waals surface area contributed by atoms with E-state index in [0.717, 1.165) is 23.8 Å². The predicted octanol–water partition coefficient (Wildman–Crippen LogP) is 4.04. The molecule has 1 atom stereocenters. The number of nitrogens with zero attached hydrogens (tertiary/aromatic N) is 5. The molecule has 3 heterocycles. The topological polar surface area (TPSA) is 97.6 Å². The molecule has 0 bridgehead atoms. The Hall–Kier alpha value is -3.88. The summed E-state index contributed by atoms with van der Waals surface area (Å²) in [5, 5.41) is 10.6. The SMILES string of the molecule is CCn1cc2ncc(N[C@@H](C)c3cccc(NC(=O)Cc4cc(C)c(F)cn4)c3)nc2n1. The zero-order chi connectivity index (χ0) is 22.7.